The first-order valence-electron chi connectivity index (χ1n) is 5.87. The fraction of sp³-hybridized carbons (Fsp3) is 0.154. The Morgan fingerprint density at radius 1 is 1.45 bits per heavy atom. The lowest BCUT2D eigenvalue weighted by Crippen LogP contribution is -2.12. The molecule has 0 unspecified atom stereocenters. The quantitative estimate of drug-likeness (QED) is 0.643. The largest absolute Gasteiger partial charge is 0.467 e. The minimum atomic E-state index is -0.710. The number of hydrogen-bond donors (Lipinski definition) is 2. The molecule has 1 aromatic heterocycles. The van der Waals surface area contributed by atoms with Gasteiger partial charge in [0, 0.05) is 11.6 Å². The standard InChI is InChI=1S/C13H13N3O4/c1-8(12-3-2-6-20-12)15-10-5-4-9(13(14)17)7-11(10)16(18)19/h2-8,15H,1H3,(H2,14,17)/t8-/m1/s1. The molecule has 1 amide bonds. The Labute approximate surface area is 114 Å². The molecular weight excluding hydrogens is 262 g/mol. The Hall–Kier alpha value is -2.83. The first kappa shape index (κ1) is 13.6. The highest BCUT2D eigenvalue weighted by Gasteiger charge is 2.19. The molecule has 0 saturated carbocycles. The molecule has 104 valence electrons. The van der Waals surface area contributed by atoms with Gasteiger partial charge in [-0.15, -0.1) is 0 Å². The molecule has 1 heterocycles. The number of carbonyl (C=O) groups is 1. The summed E-state index contributed by atoms with van der Waals surface area (Å²) in [7, 11) is 0. The fourth-order valence-electron chi connectivity index (χ4n) is 1.80. The van der Waals surface area contributed by atoms with E-state index in [1.165, 1.54) is 18.4 Å². The second-order valence-corrected chi connectivity index (χ2v) is 4.23. The van der Waals surface area contributed by atoms with Crippen LogP contribution in [0.2, 0.25) is 0 Å². The van der Waals surface area contributed by atoms with Gasteiger partial charge in [0.25, 0.3) is 5.69 Å². The summed E-state index contributed by atoms with van der Waals surface area (Å²) in [5.74, 6) is -0.0583. The van der Waals surface area contributed by atoms with E-state index in [2.05, 4.69) is 5.32 Å². The third-order valence-corrected chi connectivity index (χ3v) is 2.82. The van der Waals surface area contributed by atoms with E-state index in [0.29, 0.717) is 11.4 Å². The van der Waals surface area contributed by atoms with Crippen LogP contribution in [-0.2, 0) is 0 Å². The van der Waals surface area contributed by atoms with Gasteiger partial charge < -0.3 is 15.5 Å². The molecule has 7 heteroatoms. The van der Waals surface area contributed by atoms with Crippen LogP contribution < -0.4 is 11.1 Å². The van der Waals surface area contributed by atoms with Crippen molar-refractivity contribution in [1.29, 1.82) is 0 Å². The van der Waals surface area contributed by atoms with Gasteiger partial charge in [0.15, 0.2) is 0 Å². The summed E-state index contributed by atoms with van der Waals surface area (Å²) in [6.07, 6.45) is 1.53. The summed E-state index contributed by atoms with van der Waals surface area (Å²) >= 11 is 0. The van der Waals surface area contributed by atoms with Crippen molar-refractivity contribution in [3.05, 3.63) is 58.0 Å². The molecule has 0 aliphatic carbocycles. The topological polar surface area (TPSA) is 111 Å². The molecule has 7 nitrogen and oxygen atoms in total. The van der Waals surface area contributed by atoms with Crippen molar-refractivity contribution < 1.29 is 14.1 Å². The Balaban J connectivity index is 2.31. The number of furan rings is 1. The molecule has 0 aliphatic rings. The van der Waals surface area contributed by atoms with Gasteiger partial charge in [-0.3, -0.25) is 14.9 Å². The number of nitrogens with zero attached hydrogens (tertiary/aromatic N) is 1. The lowest BCUT2D eigenvalue weighted by Gasteiger charge is -2.13. The van der Waals surface area contributed by atoms with Gasteiger partial charge in [0.2, 0.25) is 5.91 Å². The summed E-state index contributed by atoms with van der Waals surface area (Å²) in [6.45, 7) is 1.81. The first-order valence-corrected chi connectivity index (χ1v) is 5.87. The Bertz CT molecular complexity index is 637. The van der Waals surface area contributed by atoms with E-state index >= 15 is 0 Å². The van der Waals surface area contributed by atoms with Gasteiger partial charge in [0.1, 0.15) is 11.4 Å². The molecule has 0 aliphatic heterocycles. The zero-order valence-electron chi connectivity index (χ0n) is 10.7. The maximum Gasteiger partial charge on any atom is 0.293 e. The van der Waals surface area contributed by atoms with Gasteiger partial charge in [-0.2, -0.15) is 0 Å². The van der Waals surface area contributed by atoms with E-state index in [1.54, 1.807) is 12.1 Å². The van der Waals surface area contributed by atoms with Crippen LogP contribution in [0.15, 0.2) is 41.0 Å². The molecule has 1 aromatic carbocycles. The number of nitro groups is 1. The third-order valence-electron chi connectivity index (χ3n) is 2.82. The Morgan fingerprint density at radius 3 is 2.75 bits per heavy atom. The average molecular weight is 275 g/mol. The average Bonchev–Trinajstić information content (AvgIpc) is 2.92. The van der Waals surface area contributed by atoms with E-state index in [1.807, 2.05) is 6.92 Å². The maximum atomic E-state index is 11.1. The van der Waals surface area contributed by atoms with Crippen molar-refractivity contribution in [3.63, 3.8) is 0 Å². The Morgan fingerprint density at radius 2 is 2.20 bits per heavy atom. The predicted molar refractivity (Wildman–Crippen MR) is 72.4 cm³/mol. The number of carbonyl (C=O) groups excluding carboxylic acids is 1. The normalized spacial score (nSPS) is 11.8. The van der Waals surface area contributed by atoms with Crippen LogP contribution >= 0.6 is 0 Å². The zero-order chi connectivity index (χ0) is 14.7. The number of rotatable bonds is 5. The van der Waals surface area contributed by atoms with E-state index in [9.17, 15) is 14.9 Å². The molecule has 20 heavy (non-hydrogen) atoms. The van der Waals surface area contributed by atoms with E-state index < -0.39 is 10.8 Å². The van der Waals surface area contributed by atoms with Crippen LogP contribution in [-0.4, -0.2) is 10.8 Å². The highest BCUT2D eigenvalue weighted by molar-refractivity contribution is 5.94. The number of nitrogens with one attached hydrogen (secondary N) is 1. The highest BCUT2D eigenvalue weighted by atomic mass is 16.6. The molecule has 2 rings (SSSR count). The predicted octanol–water partition coefficient (Wildman–Crippen LogP) is 2.46. The van der Waals surface area contributed by atoms with Crippen molar-refractivity contribution in [2.75, 3.05) is 5.32 Å². The monoisotopic (exact) mass is 275 g/mol. The number of primary amides is 1. The number of benzene rings is 1. The number of anilines is 1. The lowest BCUT2D eigenvalue weighted by atomic mass is 10.1. The van der Waals surface area contributed by atoms with Crippen LogP contribution in [0.3, 0.4) is 0 Å². The second-order valence-electron chi connectivity index (χ2n) is 4.23. The van der Waals surface area contributed by atoms with Crippen LogP contribution in [0.25, 0.3) is 0 Å². The first-order chi connectivity index (χ1) is 9.49. The smallest absolute Gasteiger partial charge is 0.293 e. The van der Waals surface area contributed by atoms with E-state index in [4.69, 9.17) is 10.2 Å². The van der Waals surface area contributed by atoms with Gasteiger partial charge in [-0.25, -0.2) is 0 Å². The summed E-state index contributed by atoms with van der Waals surface area (Å²) in [6, 6.07) is 7.30. The maximum absolute atomic E-state index is 11.1. The van der Waals surface area contributed by atoms with Crippen molar-refractivity contribution in [2.24, 2.45) is 5.73 Å². The highest BCUT2D eigenvalue weighted by Crippen LogP contribution is 2.29. The molecule has 0 radical (unpaired) electrons. The third kappa shape index (κ3) is 2.77. The van der Waals surface area contributed by atoms with Crippen molar-refractivity contribution in [1.82, 2.24) is 0 Å². The molecule has 0 fully saturated rings. The summed E-state index contributed by atoms with van der Waals surface area (Å²) < 4.78 is 5.22. The van der Waals surface area contributed by atoms with Gasteiger partial charge in [-0.05, 0) is 31.2 Å². The van der Waals surface area contributed by atoms with E-state index in [0.717, 1.165) is 6.07 Å². The van der Waals surface area contributed by atoms with Crippen molar-refractivity contribution in [2.45, 2.75) is 13.0 Å². The fourth-order valence-corrected chi connectivity index (χ4v) is 1.80. The summed E-state index contributed by atoms with van der Waals surface area (Å²) in [4.78, 5) is 21.5. The summed E-state index contributed by atoms with van der Waals surface area (Å²) in [5.41, 5.74) is 5.29. The summed E-state index contributed by atoms with van der Waals surface area (Å²) in [5, 5.41) is 14.0. The number of hydrogen-bond acceptors (Lipinski definition) is 5. The molecule has 1 atom stereocenters. The number of nitrogens with two attached hydrogens (primary N) is 1. The molecule has 0 saturated heterocycles. The molecule has 2 aromatic rings. The van der Waals surface area contributed by atoms with E-state index in [-0.39, 0.29) is 17.3 Å². The van der Waals surface area contributed by atoms with Crippen LogP contribution in [0, 0.1) is 10.1 Å². The molecule has 3 N–H and O–H groups in total. The van der Waals surface area contributed by atoms with Gasteiger partial charge in [-0.1, -0.05) is 0 Å². The van der Waals surface area contributed by atoms with Gasteiger partial charge in [0.05, 0.1) is 17.2 Å². The van der Waals surface area contributed by atoms with Gasteiger partial charge >= 0.3 is 0 Å². The second kappa shape index (κ2) is 5.43. The van der Waals surface area contributed by atoms with Crippen LogP contribution in [0.5, 0.6) is 0 Å². The molecule has 0 spiro atoms. The molecular formula is C13H13N3O4. The van der Waals surface area contributed by atoms with Crippen molar-refractivity contribution >= 4 is 17.3 Å². The zero-order valence-corrected chi connectivity index (χ0v) is 10.7. The lowest BCUT2D eigenvalue weighted by molar-refractivity contribution is -0.384. The minimum Gasteiger partial charge on any atom is -0.467 e. The Kier molecular flexibility index (Phi) is 3.69. The SMILES string of the molecule is C[C@@H](Nc1ccc(C(N)=O)cc1[N+](=O)[O-])c1ccco1. The number of nitro benzene ring substituents is 1. The minimum absolute atomic E-state index is 0.0906. The molecule has 0 bridgehead atoms. The number of amides is 1. The van der Waals surface area contributed by atoms with Crippen LogP contribution in [0.1, 0.15) is 29.1 Å². The van der Waals surface area contributed by atoms with Crippen molar-refractivity contribution in [3.8, 4) is 0 Å². The van der Waals surface area contributed by atoms with Crippen LogP contribution in [0.4, 0.5) is 11.4 Å².